The van der Waals surface area contributed by atoms with Crippen LogP contribution >= 0.6 is 11.8 Å². The summed E-state index contributed by atoms with van der Waals surface area (Å²) in [5.74, 6) is 0.544. The fourth-order valence-corrected chi connectivity index (χ4v) is 4.09. The highest BCUT2D eigenvalue weighted by Crippen LogP contribution is 2.29. The van der Waals surface area contributed by atoms with Gasteiger partial charge in [0.1, 0.15) is 12.0 Å². The number of fused-ring (bicyclic) bond motifs is 4. The Kier molecular flexibility index (Phi) is 3.58. The molecule has 22 heavy (non-hydrogen) atoms. The maximum Gasteiger partial charge on any atom is 0.270 e. The van der Waals surface area contributed by atoms with E-state index >= 15 is 0 Å². The van der Waals surface area contributed by atoms with Crippen LogP contribution in [0.5, 0.6) is 0 Å². The van der Waals surface area contributed by atoms with Crippen molar-refractivity contribution in [2.45, 2.75) is 23.8 Å². The van der Waals surface area contributed by atoms with Crippen LogP contribution in [0.15, 0.2) is 27.8 Å². The summed E-state index contributed by atoms with van der Waals surface area (Å²) in [6, 6.07) is 2.10. The van der Waals surface area contributed by atoms with Crippen LogP contribution in [0.4, 0.5) is 0 Å². The zero-order valence-corrected chi connectivity index (χ0v) is 13.4. The highest BCUT2D eigenvalue weighted by molar-refractivity contribution is 7.98. The van der Waals surface area contributed by atoms with Gasteiger partial charge < -0.3 is 14.6 Å². The molecule has 0 aromatic carbocycles. The molecule has 5 rings (SSSR count). The Morgan fingerprint density at radius 2 is 2.27 bits per heavy atom. The van der Waals surface area contributed by atoms with Crippen LogP contribution in [0.2, 0.25) is 0 Å². The number of piperidine rings is 3. The molecule has 1 amide bonds. The van der Waals surface area contributed by atoms with Crippen LogP contribution in [0.25, 0.3) is 11.0 Å². The number of thioether (sulfide) groups is 1. The Hall–Kier alpha value is -1.53. The number of carbonyl (C=O) groups is 1. The highest BCUT2D eigenvalue weighted by atomic mass is 32.2. The molecule has 0 radical (unpaired) electrons. The summed E-state index contributed by atoms with van der Waals surface area (Å²) < 4.78 is 5.44. The van der Waals surface area contributed by atoms with Crippen LogP contribution in [0.1, 0.15) is 23.3 Å². The first-order valence-corrected chi connectivity index (χ1v) is 8.91. The third-order valence-corrected chi connectivity index (χ3v) is 5.61. The standard InChI is InChI=1S/C16H19N3O2S/c1-22-15-9-21-14-7-17-12(6-11(14)15)16(20)18-13-8-19-4-2-10(13)3-5-19/h6-7,9-10,13H,2-5,8H2,1H3,(H,18,20). The van der Waals surface area contributed by atoms with Gasteiger partial charge in [-0.2, -0.15) is 0 Å². The molecule has 5 nitrogen and oxygen atoms in total. The van der Waals surface area contributed by atoms with Gasteiger partial charge in [-0.1, -0.05) is 0 Å². The van der Waals surface area contributed by atoms with Crippen molar-refractivity contribution in [2.24, 2.45) is 5.92 Å². The Labute approximate surface area is 133 Å². The smallest absolute Gasteiger partial charge is 0.270 e. The second-order valence-electron chi connectivity index (χ2n) is 6.09. The van der Waals surface area contributed by atoms with Crippen molar-refractivity contribution in [3.8, 4) is 0 Å². The van der Waals surface area contributed by atoms with E-state index in [0.717, 1.165) is 22.4 Å². The molecule has 3 aliphatic heterocycles. The number of carbonyl (C=O) groups excluding carboxylic acids is 1. The summed E-state index contributed by atoms with van der Waals surface area (Å²) in [5, 5.41) is 4.14. The fraction of sp³-hybridized carbons (Fsp3) is 0.500. The van der Waals surface area contributed by atoms with Gasteiger partial charge in [0.25, 0.3) is 5.91 Å². The minimum absolute atomic E-state index is 0.0751. The van der Waals surface area contributed by atoms with Crippen LogP contribution in [0, 0.1) is 5.92 Å². The molecule has 5 heterocycles. The van der Waals surface area contributed by atoms with Gasteiger partial charge in [-0.05, 0) is 44.2 Å². The fourth-order valence-electron chi connectivity index (χ4n) is 3.56. The van der Waals surface area contributed by atoms with E-state index in [4.69, 9.17) is 4.42 Å². The average Bonchev–Trinajstić information content (AvgIpc) is 2.98. The molecule has 2 bridgehead atoms. The number of nitrogens with one attached hydrogen (secondary N) is 1. The topological polar surface area (TPSA) is 58.4 Å². The number of amides is 1. The number of hydrogen-bond donors (Lipinski definition) is 1. The largest absolute Gasteiger partial charge is 0.462 e. The predicted molar refractivity (Wildman–Crippen MR) is 86.2 cm³/mol. The second kappa shape index (κ2) is 5.59. The normalized spacial score (nSPS) is 27.2. The first-order chi connectivity index (χ1) is 10.7. The molecule has 1 atom stereocenters. The lowest BCUT2D eigenvalue weighted by Gasteiger charge is -2.44. The van der Waals surface area contributed by atoms with Crippen LogP contribution < -0.4 is 5.32 Å². The van der Waals surface area contributed by atoms with Crippen molar-refractivity contribution in [1.82, 2.24) is 15.2 Å². The SMILES string of the molecule is CSc1coc2cnc(C(=O)NC3CN4CCC3CC4)cc12. The Morgan fingerprint density at radius 1 is 1.45 bits per heavy atom. The molecule has 2 aromatic rings. The van der Waals surface area contributed by atoms with Crippen LogP contribution in [-0.4, -0.2) is 47.7 Å². The molecule has 3 fully saturated rings. The molecule has 6 heteroatoms. The van der Waals surface area contributed by atoms with Gasteiger partial charge in [-0.25, -0.2) is 4.98 Å². The summed E-state index contributed by atoms with van der Waals surface area (Å²) >= 11 is 1.61. The van der Waals surface area contributed by atoms with Gasteiger partial charge >= 0.3 is 0 Å². The van der Waals surface area contributed by atoms with Gasteiger partial charge in [0, 0.05) is 18.0 Å². The lowest BCUT2D eigenvalue weighted by atomic mass is 9.84. The van der Waals surface area contributed by atoms with Gasteiger partial charge in [0.15, 0.2) is 5.58 Å². The van der Waals surface area contributed by atoms with Gasteiger partial charge in [0.2, 0.25) is 0 Å². The lowest BCUT2D eigenvalue weighted by Crippen LogP contribution is -2.57. The van der Waals surface area contributed by atoms with E-state index in [-0.39, 0.29) is 11.9 Å². The third kappa shape index (κ3) is 2.40. The molecule has 0 spiro atoms. The van der Waals surface area contributed by atoms with E-state index in [1.165, 1.54) is 25.9 Å². The quantitative estimate of drug-likeness (QED) is 0.881. The number of nitrogens with zero attached hydrogens (tertiary/aromatic N) is 2. The Bertz CT molecular complexity index is 706. The predicted octanol–water partition coefficient (Wildman–Crippen LogP) is 2.37. The van der Waals surface area contributed by atoms with Gasteiger partial charge in [0.05, 0.1) is 11.1 Å². The van der Waals surface area contributed by atoms with E-state index in [1.807, 2.05) is 12.3 Å². The van der Waals surface area contributed by atoms with E-state index in [0.29, 0.717) is 11.6 Å². The zero-order chi connectivity index (χ0) is 15.1. The molecule has 3 aliphatic rings. The molecular formula is C16H19N3O2S. The summed E-state index contributed by atoms with van der Waals surface area (Å²) in [6.45, 7) is 3.32. The zero-order valence-electron chi connectivity index (χ0n) is 12.5. The van der Waals surface area contributed by atoms with E-state index in [9.17, 15) is 4.79 Å². The number of aromatic nitrogens is 1. The van der Waals surface area contributed by atoms with Gasteiger partial charge in [-0.3, -0.25) is 4.79 Å². The summed E-state index contributed by atoms with van der Waals surface area (Å²) in [4.78, 5) is 20.2. The van der Waals surface area contributed by atoms with Crippen molar-refractivity contribution in [1.29, 1.82) is 0 Å². The van der Waals surface area contributed by atoms with Crippen molar-refractivity contribution in [3.63, 3.8) is 0 Å². The number of furan rings is 1. The summed E-state index contributed by atoms with van der Waals surface area (Å²) in [6.07, 6.45) is 7.73. The van der Waals surface area contributed by atoms with Crippen molar-refractivity contribution in [3.05, 3.63) is 24.2 Å². The molecule has 116 valence electrons. The van der Waals surface area contributed by atoms with E-state index in [1.54, 1.807) is 24.2 Å². The van der Waals surface area contributed by atoms with E-state index < -0.39 is 0 Å². The first-order valence-electron chi connectivity index (χ1n) is 7.69. The minimum Gasteiger partial charge on any atom is -0.462 e. The lowest BCUT2D eigenvalue weighted by molar-refractivity contribution is 0.0618. The number of pyridine rings is 1. The van der Waals surface area contributed by atoms with Crippen molar-refractivity contribution < 1.29 is 9.21 Å². The number of rotatable bonds is 3. The molecule has 1 unspecified atom stereocenters. The Morgan fingerprint density at radius 3 is 2.95 bits per heavy atom. The monoisotopic (exact) mass is 317 g/mol. The first kappa shape index (κ1) is 14.1. The van der Waals surface area contributed by atoms with Crippen molar-refractivity contribution in [2.75, 3.05) is 25.9 Å². The molecule has 1 N–H and O–H groups in total. The minimum atomic E-state index is -0.0751. The maximum atomic E-state index is 12.5. The average molecular weight is 317 g/mol. The number of hydrogen-bond acceptors (Lipinski definition) is 5. The molecule has 3 saturated heterocycles. The Balaban J connectivity index is 1.55. The maximum absolute atomic E-state index is 12.5. The third-order valence-electron chi connectivity index (χ3n) is 4.85. The van der Waals surface area contributed by atoms with Gasteiger partial charge in [-0.15, -0.1) is 11.8 Å². The molecular weight excluding hydrogens is 298 g/mol. The highest BCUT2D eigenvalue weighted by Gasteiger charge is 2.35. The van der Waals surface area contributed by atoms with E-state index in [2.05, 4.69) is 15.2 Å². The second-order valence-corrected chi connectivity index (χ2v) is 6.94. The molecule has 2 aromatic heterocycles. The van der Waals surface area contributed by atoms with Crippen molar-refractivity contribution >= 4 is 28.6 Å². The van der Waals surface area contributed by atoms with Crippen LogP contribution in [-0.2, 0) is 0 Å². The molecule has 0 saturated carbocycles. The molecule has 0 aliphatic carbocycles. The summed E-state index contributed by atoms with van der Waals surface area (Å²) in [7, 11) is 0. The van der Waals surface area contributed by atoms with Crippen LogP contribution in [0.3, 0.4) is 0 Å². The summed E-state index contributed by atoms with van der Waals surface area (Å²) in [5.41, 5.74) is 1.20.